The molecule has 0 bridgehead atoms. The van der Waals surface area contributed by atoms with Crippen LogP contribution in [0.4, 0.5) is 0 Å². The molecule has 1 atom stereocenters. The number of unbranched alkanes of at least 4 members (excludes halogenated alkanes) is 12. The molecule has 3 nitrogen and oxygen atoms in total. The topological polar surface area (TPSA) is 32.5 Å². The molecule has 1 heterocycles. The Balaban J connectivity index is 1.84. The minimum absolute atomic E-state index is 0.502. The van der Waals surface area contributed by atoms with Crippen molar-refractivity contribution < 1.29 is 0 Å². The lowest BCUT2D eigenvalue weighted by atomic mass is 10.1. The summed E-state index contributed by atoms with van der Waals surface area (Å²) in [6, 6.07) is 0. The fourth-order valence-electron chi connectivity index (χ4n) is 4.22. The van der Waals surface area contributed by atoms with E-state index in [1.54, 1.807) is 0 Å². The van der Waals surface area contributed by atoms with Crippen LogP contribution >= 0.6 is 0 Å². The maximum Gasteiger partial charge on any atom is 0.0756 e. The molecule has 1 fully saturated rings. The highest BCUT2D eigenvalue weighted by Crippen LogP contribution is 2.18. The monoisotopic (exact) mass is 379 g/mol. The Morgan fingerprint density at radius 3 is 1.85 bits per heavy atom. The molecule has 2 N–H and O–H groups in total. The van der Waals surface area contributed by atoms with Crippen molar-refractivity contribution in [3.8, 4) is 0 Å². The molecule has 1 saturated heterocycles. The number of hydrazine groups is 1. The van der Waals surface area contributed by atoms with Crippen LogP contribution in [0, 0.1) is 0 Å². The van der Waals surface area contributed by atoms with Gasteiger partial charge in [0.1, 0.15) is 0 Å². The molecule has 1 aliphatic heterocycles. The average Bonchev–Trinajstić information content (AvgIpc) is 3.01. The number of rotatable bonds is 18. The van der Waals surface area contributed by atoms with Gasteiger partial charge in [-0.05, 0) is 45.1 Å². The Morgan fingerprint density at radius 2 is 1.26 bits per heavy atom. The van der Waals surface area contributed by atoms with E-state index in [1.807, 2.05) is 0 Å². The van der Waals surface area contributed by atoms with Crippen molar-refractivity contribution >= 4 is 0 Å². The van der Waals surface area contributed by atoms with Gasteiger partial charge >= 0.3 is 0 Å². The van der Waals surface area contributed by atoms with Crippen LogP contribution in [-0.2, 0) is 0 Å². The first kappa shape index (κ1) is 24.7. The molecule has 0 aromatic heterocycles. The van der Waals surface area contributed by atoms with Crippen LogP contribution in [0.3, 0.4) is 0 Å². The van der Waals surface area contributed by atoms with Crippen molar-refractivity contribution in [2.75, 3.05) is 19.6 Å². The molecule has 160 valence electrons. The van der Waals surface area contributed by atoms with E-state index in [0.717, 1.165) is 13.1 Å². The van der Waals surface area contributed by atoms with Gasteiger partial charge in [-0.2, -0.15) is 0 Å². The van der Waals surface area contributed by atoms with Gasteiger partial charge in [-0.15, -0.1) is 0 Å². The zero-order valence-electron chi connectivity index (χ0n) is 18.6. The molecule has 3 heteroatoms. The third kappa shape index (κ3) is 12.6. The standard InChI is InChI=1S/C24H49N3/c1-3-5-6-7-8-9-10-11-12-13-14-15-16-17-18-19-20-24-26(21-4-2)22-23-27(24)25/h11-12,24H,3-10,13-23,25H2,1-2H3. The summed E-state index contributed by atoms with van der Waals surface area (Å²) >= 11 is 0. The highest BCUT2D eigenvalue weighted by molar-refractivity contribution is 4.81. The van der Waals surface area contributed by atoms with Crippen LogP contribution in [0.25, 0.3) is 0 Å². The molecule has 1 rings (SSSR count). The maximum absolute atomic E-state index is 6.15. The molecule has 0 aromatic rings. The van der Waals surface area contributed by atoms with Gasteiger partial charge in [0, 0.05) is 13.1 Å². The Kier molecular flexibility index (Phi) is 16.2. The fourth-order valence-corrected chi connectivity index (χ4v) is 4.22. The molecule has 0 amide bonds. The highest BCUT2D eigenvalue weighted by Gasteiger charge is 2.28. The molecule has 0 saturated carbocycles. The maximum atomic E-state index is 6.15. The lowest BCUT2D eigenvalue weighted by Gasteiger charge is -2.27. The van der Waals surface area contributed by atoms with Gasteiger partial charge in [-0.3, -0.25) is 10.7 Å². The Labute approximate surface area is 170 Å². The molecule has 0 spiro atoms. The SMILES string of the molecule is CCCCCCCCC=CCCCCCCCCC1N(N)CCN1CCC. The van der Waals surface area contributed by atoms with Gasteiger partial charge in [0.15, 0.2) is 0 Å². The van der Waals surface area contributed by atoms with Crippen LogP contribution in [0.15, 0.2) is 12.2 Å². The summed E-state index contributed by atoms with van der Waals surface area (Å²) in [6.07, 6.45) is 27.1. The number of nitrogens with two attached hydrogens (primary N) is 1. The summed E-state index contributed by atoms with van der Waals surface area (Å²) in [7, 11) is 0. The van der Waals surface area contributed by atoms with E-state index in [1.165, 1.54) is 109 Å². The smallest absolute Gasteiger partial charge is 0.0756 e. The predicted octanol–water partition coefficient (Wildman–Crippen LogP) is 6.64. The van der Waals surface area contributed by atoms with E-state index >= 15 is 0 Å². The van der Waals surface area contributed by atoms with Crippen molar-refractivity contribution in [2.24, 2.45) is 5.84 Å². The molecule has 27 heavy (non-hydrogen) atoms. The van der Waals surface area contributed by atoms with Gasteiger partial charge < -0.3 is 0 Å². The number of hydrogen-bond donors (Lipinski definition) is 1. The van der Waals surface area contributed by atoms with E-state index in [4.69, 9.17) is 5.84 Å². The second kappa shape index (κ2) is 17.7. The van der Waals surface area contributed by atoms with Gasteiger partial charge in [-0.25, -0.2) is 5.01 Å². The van der Waals surface area contributed by atoms with Gasteiger partial charge in [0.25, 0.3) is 0 Å². The molecule has 1 unspecified atom stereocenters. The van der Waals surface area contributed by atoms with Crippen molar-refractivity contribution in [2.45, 2.75) is 123 Å². The minimum Gasteiger partial charge on any atom is -0.286 e. The van der Waals surface area contributed by atoms with Gasteiger partial charge in [-0.1, -0.05) is 90.2 Å². The number of allylic oxidation sites excluding steroid dienone is 2. The van der Waals surface area contributed by atoms with Crippen molar-refractivity contribution in [3.63, 3.8) is 0 Å². The van der Waals surface area contributed by atoms with Crippen molar-refractivity contribution in [1.29, 1.82) is 0 Å². The zero-order chi connectivity index (χ0) is 19.6. The van der Waals surface area contributed by atoms with E-state index in [-0.39, 0.29) is 0 Å². The third-order valence-electron chi connectivity index (χ3n) is 5.93. The summed E-state index contributed by atoms with van der Waals surface area (Å²) in [6.45, 7) is 7.94. The van der Waals surface area contributed by atoms with Crippen LogP contribution in [0.1, 0.15) is 117 Å². The quantitative estimate of drug-likeness (QED) is 0.164. The summed E-state index contributed by atoms with van der Waals surface area (Å²) < 4.78 is 0. The first-order chi connectivity index (χ1) is 13.3. The largest absolute Gasteiger partial charge is 0.286 e. The Hall–Kier alpha value is -0.380. The molecular weight excluding hydrogens is 330 g/mol. The van der Waals surface area contributed by atoms with E-state index in [0.29, 0.717) is 6.17 Å². The second-order valence-electron chi connectivity index (χ2n) is 8.48. The third-order valence-corrected chi connectivity index (χ3v) is 5.93. The molecular formula is C24H49N3. The van der Waals surface area contributed by atoms with Gasteiger partial charge in [0.2, 0.25) is 0 Å². The first-order valence-corrected chi connectivity index (χ1v) is 12.2. The molecule has 1 aliphatic rings. The summed E-state index contributed by atoms with van der Waals surface area (Å²) in [5.41, 5.74) is 0. The fraction of sp³-hybridized carbons (Fsp3) is 0.917. The van der Waals surface area contributed by atoms with Gasteiger partial charge in [0.05, 0.1) is 6.17 Å². The Bertz CT molecular complexity index is 341. The Morgan fingerprint density at radius 1 is 0.704 bits per heavy atom. The lowest BCUT2D eigenvalue weighted by molar-refractivity contribution is 0.125. The lowest BCUT2D eigenvalue weighted by Crippen LogP contribution is -2.42. The van der Waals surface area contributed by atoms with Crippen LogP contribution in [0.5, 0.6) is 0 Å². The second-order valence-corrected chi connectivity index (χ2v) is 8.48. The normalized spacial score (nSPS) is 18.9. The van der Waals surface area contributed by atoms with E-state index < -0.39 is 0 Å². The molecule has 0 aromatic carbocycles. The molecule has 0 aliphatic carbocycles. The minimum atomic E-state index is 0.502. The summed E-state index contributed by atoms with van der Waals surface area (Å²) in [4.78, 5) is 2.57. The molecule has 0 radical (unpaired) electrons. The van der Waals surface area contributed by atoms with Crippen molar-refractivity contribution in [3.05, 3.63) is 12.2 Å². The van der Waals surface area contributed by atoms with Crippen LogP contribution in [-0.4, -0.2) is 35.7 Å². The first-order valence-electron chi connectivity index (χ1n) is 12.2. The number of nitrogens with zero attached hydrogens (tertiary/aromatic N) is 2. The van der Waals surface area contributed by atoms with E-state index in [9.17, 15) is 0 Å². The van der Waals surface area contributed by atoms with E-state index in [2.05, 4.69) is 35.9 Å². The predicted molar refractivity (Wildman–Crippen MR) is 121 cm³/mol. The zero-order valence-corrected chi connectivity index (χ0v) is 18.6. The summed E-state index contributed by atoms with van der Waals surface area (Å²) in [5, 5.41) is 2.06. The van der Waals surface area contributed by atoms with Crippen LogP contribution < -0.4 is 5.84 Å². The van der Waals surface area contributed by atoms with Crippen molar-refractivity contribution in [1.82, 2.24) is 9.91 Å². The average molecular weight is 380 g/mol. The van der Waals surface area contributed by atoms with Crippen LogP contribution in [0.2, 0.25) is 0 Å². The summed E-state index contributed by atoms with van der Waals surface area (Å²) in [5.74, 6) is 6.15. The number of hydrogen-bond acceptors (Lipinski definition) is 3. The highest BCUT2D eigenvalue weighted by atomic mass is 15.5.